The Balaban J connectivity index is 2.59. The van der Waals surface area contributed by atoms with Crippen LogP contribution >= 0.6 is 34.8 Å². The second kappa shape index (κ2) is 4.57. The van der Waals surface area contributed by atoms with Gasteiger partial charge in [0.05, 0.1) is 22.8 Å². The van der Waals surface area contributed by atoms with Gasteiger partial charge in [0.2, 0.25) is 0 Å². The Morgan fingerprint density at radius 1 is 1.31 bits per heavy atom. The molecule has 16 heavy (non-hydrogen) atoms. The van der Waals surface area contributed by atoms with Gasteiger partial charge in [-0.2, -0.15) is 5.10 Å². The molecule has 4 nitrogen and oxygen atoms in total. The molecule has 2 heterocycles. The third kappa shape index (κ3) is 2.00. The van der Waals surface area contributed by atoms with E-state index in [2.05, 4.69) is 15.1 Å². The molecular weight excluding hydrogens is 270 g/mol. The van der Waals surface area contributed by atoms with Crippen LogP contribution in [0.25, 0.3) is 5.82 Å². The van der Waals surface area contributed by atoms with E-state index >= 15 is 0 Å². The molecule has 0 N–H and O–H groups in total. The Kier molecular flexibility index (Phi) is 3.33. The van der Waals surface area contributed by atoms with E-state index < -0.39 is 0 Å². The molecule has 2 rings (SSSR count). The zero-order chi connectivity index (χ0) is 11.7. The van der Waals surface area contributed by atoms with Crippen molar-refractivity contribution in [1.29, 1.82) is 0 Å². The predicted molar refractivity (Wildman–Crippen MR) is 63.5 cm³/mol. The highest BCUT2D eigenvalue weighted by Gasteiger charge is 2.12. The smallest absolute Gasteiger partial charge is 0.162 e. The minimum absolute atomic E-state index is 0.214. The molecule has 84 valence electrons. The fourth-order valence-electron chi connectivity index (χ4n) is 1.24. The normalized spacial score (nSPS) is 10.8. The third-order valence-electron chi connectivity index (χ3n) is 2.06. The molecule has 0 spiro atoms. The zero-order valence-electron chi connectivity index (χ0n) is 8.28. The van der Waals surface area contributed by atoms with Gasteiger partial charge in [0.15, 0.2) is 5.82 Å². The number of hydrogen-bond donors (Lipinski definition) is 0. The molecule has 0 atom stereocenters. The minimum atomic E-state index is 0.214. The summed E-state index contributed by atoms with van der Waals surface area (Å²) in [5.74, 6) is 0.760. The molecule has 2 aromatic rings. The van der Waals surface area contributed by atoms with E-state index in [1.54, 1.807) is 10.9 Å². The van der Waals surface area contributed by atoms with Crippen molar-refractivity contribution in [2.75, 3.05) is 0 Å². The van der Waals surface area contributed by atoms with Crippen LogP contribution in [0.3, 0.4) is 0 Å². The summed E-state index contributed by atoms with van der Waals surface area (Å²) in [5, 5.41) is 5.10. The van der Waals surface area contributed by atoms with E-state index in [4.69, 9.17) is 34.8 Å². The fourth-order valence-corrected chi connectivity index (χ4v) is 1.88. The molecule has 0 bridgehead atoms. The predicted octanol–water partition coefficient (Wildman–Crippen LogP) is 3.02. The Labute approximate surface area is 107 Å². The summed E-state index contributed by atoms with van der Waals surface area (Å²) in [6, 6.07) is 0. The molecule has 0 unspecified atom stereocenters. The Morgan fingerprint density at radius 3 is 2.62 bits per heavy atom. The summed E-state index contributed by atoms with van der Waals surface area (Å²) in [6.07, 6.45) is 3.02. The second-order valence-corrected chi connectivity index (χ2v) is 4.14. The van der Waals surface area contributed by atoms with Gasteiger partial charge in [-0.3, -0.25) is 0 Å². The van der Waals surface area contributed by atoms with Gasteiger partial charge in [0.25, 0.3) is 0 Å². The van der Waals surface area contributed by atoms with Gasteiger partial charge >= 0.3 is 0 Å². The monoisotopic (exact) mass is 276 g/mol. The molecule has 0 saturated heterocycles. The number of rotatable bonds is 2. The summed E-state index contributed by atoms with van der Waals surface area (Å²) in [6.45, 7) is 1.81. The largest absolute Gasteiger partial charge is 0.224 e. The maximum Gasteiger partial charge on any atom is 0.162 e. The van der Waals surface area contributed by atoms with E-state index in [0.29, 0.717) is 21.6 Å². The van der Waals surface area contributed by atoms with Crippen LogP contribution in [0, 0.1) is 6.92 Å². The van der Waals surface area contributed by atoms with Gasteiger partial charge < -0.3 is 0 Å². The Bertz CT molecular complexity index is 504. The number of nitrogens with zero attached hydrogens (tertiary/aromatic N) is 4. The van der Waals surface area contributed by atoms with E-state index in [0.717, 1.165) is 5.69 Å². The van der Waals surface area contributed by atoms with Crippen molar-refractivity contribution < 1.29 is 0 Å². The molecule has 0 aliphatic heterocycles. The zero-order valence-corrected chi connectivity index (χ0v) is 10.6. The van der Waals surface area contributed by atoms with Gasteiger partial charge in [0.1, 0.15) is 11.5 Å². The first-order valence-corrected chi connectivity index (χ1v) is 5.70. The van der Waals surface area contributed by atoms with Gasteiger partial charge in [-0.15, -0.1) is 11.6 Å². The van der Waals surface area contributed by atoms with E-state index in [9.17, 15) is 0 Å². The summed E-state index contributed by atoms with van der Waals surface area (Å²) < 4.78 is 1.54. The SMILES string of the molecule is Cc1nn(-c2ncnc(Cl)c2CCl)cc1Cl. The topological polar surface area (TPSA) is 43.6 Å². The van der Waals surface area contributed by atoms with Gasteiger partial charge in [-0.1, -0.05) is 23.2 Å². The van der Waals surface area contributed by atoms with Crippen molar-refractivity contribution in [3.05, 3.63) is 34.0 Å². The minimum Gasteiger partial charge on any atom is -0.224 e. The molecule has 0 radical (unpaired) electrons. The van der Waals surface area contributed by atoms with Crippen LogP contribution in [-0.2, 0) is 5.88 Å². The molecule has 0 amide bonds. The molecule has 0 aromatic carbocycles. The van der Waals surface area contributed by atoms with Crippen molar-refractivity contribution in [1.82, 2.24) is 19.7 Å². The highest BCUT2D eigenvalue weighted by atomic mass is 35.5. The molecule has 0 fully saturated rings. The average molecular weight is 278 g/mol. The van der Waals surface area contributed by atoms with E-state index in [1.807, 2.05) is 6.92 Å². The maximum atomic E-state index is 5.92. The van der Waals surface area contributed by atoms with E-state index in [1.165, 1.54) is 6.33 Å². The molecule has 2 aromatic heterocycles. The lowest BCUT2D eigenvalue weighted by Crippen LogP contribution is -2.04. The van der Waals surface area contributed by atoms with Gasteiger partial charge in [-0.25, -0.2) is 14.6 Å². The molecule has 7 heteroatoms. The van der Waals surface area contributed by atoms with E-state index in [-0.39, 0.29) is 5.88 Å². The van der Waals surface area contributed by atoms with Crippen LogP contribution in [0.15, 0.2) is 12.5 Å². The second-order valence-electron chi connectivity index (χ2n) is 3.11. The Morgan fingerprint density at radius 2 is 2.06 bits per heavy atom. The number of aromatic nitrogens is 4. The lowest BCUT2D eigenvalue weighted by molar-refractivity contribution is 0.814. The number of hydrogen-bond acceptors (Lipinski definition) is 3. The fraction of sp³-hybridized carbons (Fsp3) is 0.222. The van der Waals surface area contributed by atoms with Crippen molar-refractivity contribution in [3.8, 4) is 5.82 Å². The maximum absolute atomic E-state index is 5.92. The molecular formula is C9H7Cl3N4. The highest BCUT2D eigenvalue weighted by molar-refractivity contribution is 6.31. The van der Waals surface area contributed by atoms with Crippen molar-refractivity contribution >= 4 is 34.8 Å². The van der Waals surface area contributed by atoms with Crippen molar-refractivity contribution in [2.24, 2.45) is 0 Å². The third-order valence-corrected chi connectivity index (χ3v) is 3.02. The first-order chi connectivity index (χ1) is 7.63. The summed E-state index contributed by atoms with van der Waals surface area (Å²) in [5.41, 5.74) is 1.35. The number of alkyl halides is 1. The Hall–Kier alpha value is -0.840. The first-order valence-electron chi connectivity index (χ1n) is 4.41. The quantitative estimate of drug-likeness (QED) is 0.626. The van der Waals surface area contributed by atoms with Crippen LogP contribution in [0.1, 0.15) is 11.3 Å². The lowest BCUT2D eigenvalue weighted by atomic mass is 10.3. The van der Waals surface area contributed by atoms with Crippen LogP contribution in [-0.4, -0.2) is 19.7 Å². The summed E-state index contributed by atoms with van der Waals surface area (Å²) in [7, 11) is 0. The average Bonchev–Trinajstić information content (AvgIpc) is 2.59. The standard InChI is InChI=1S/C9H7Cl3N4/c1-5-7(11)3-16(15-5)9-6(2-10)8(12)13-4-14-9/h3-4H,2H2,1H3. The molecule has 0 aliphatic carbocycles. The van der Waals surface area contributed by atoms with Crippen molar-refractivity contribution in [3.63, 3.8) is 0 Å². The van der Waals surface area contributed by atoms with Crippen LogP contribution in [0.5, 0.6) is 0 Å². The summed E-state index contributed by atoms with van der Waals surface area (Å²) >= 11 is 17.6. The van der Waals surface area contributed by atoms with Crippen LogP contribution in [0.2, 0.25) is 10.2 Å². The van der Waals surface area contributed by atoms with Gasteiger partial charge in [-0.05, 0) is 6.92 Å². The first kappa shape index (κ1) is 11.6. The highest BCUT2D eigenvalue weighted by Crippen LogP contribution is 2.22. The summed E-state index contributed by atoms with van der Waals surface area (Å²) in [4.78, 5) is 7.96. The van der Waals surface area contributed by atoms with Crippen molar-refractivity contribution in [2.45, 2.75) is 12.8 Å². The number of halogens is 3. The molecule has 0 aliphatic rings. The van der Waals surface area contributed by atoms with Gasteiger partial charge in [0, 0.05) is 5.56 Å². The number of aryl methyl sites for hydroxylation is 1. The molecule has 0 saturated carbocycles. The van der Waals surface area contributed by atoms with Crippen LogP contribution < -0.4 is 0 Å². The van der Waals surface area contributed by atoms with Crippen LogP contribution in [0.4, 0.5) is 0 Å². The lowest BCUT2D eigenvalue weighted by Gasteiger charge is -2.06.